The normalized spacial score (nSPS) is 26.0. The Morgan fingerprint density at radius 2 is 2.42 bits per heavy atom. The van der Waals surface area contributed by atoms with Gasteiger partial charge in [0.15, 0.2) is 0 Å². The summed E-state index contributed by atoms with van der Waals surface area (Å²) in [6.07, 6.45) is 2.63. The van der Waals surface area contributed by atoms with Crippen molar-refractivity contribution in [3.63, 3.8) is 0 Å². The van der Waals surface area contributed by atoms with Crippen LogP contribution in [0.5, 0.6) is 0 Å². The Morgan fingerprint density at radius 1 is 1.58 bits per heavy atom. The number of nitrogens with zero attached hydrogens (tertiary/aromatic N) is 1. The van der Waals surface area contributed by atoms with Gasteiger partial charge in [-0.05, 0) is 32.4 Å². The minimum absolute atomic E-state index is 0.641. The molecule has 0 amide bonds. The molecule has 1 fully saturated rings. The van der Waals surface area contributed by atoms with Crippen molar-refractivity contribution in [3.05, 3.63) is 0 Å². The summed E-state index contributed by atoms with van der Waals surface area (Å²) in [6, 6.07) is 0. The minimum atomic E-state index is 0.641. The van der Waals surface area contributed by atoms with Crippen LogP contribution in [0.3, 0.4) is 0 Å². The predicted molar refractivity (Wildman–Crippen MR) is 50.1 cm³/mol. The highest BCUT2D eigenvalue weighted by Crippen LogP contribution is 2.14. The van der Waals surface area contributed by atoms with Crippen LogP contribution in [0.15, 0.2) is 0 Å². The SMILES string of the molecule is CN1CCCC(COCCN)C1. The molecule has 1 aliphatic heterocycles. The number of rotatable bonds is 4. The Balaban J connectivity index is 2.06. The fraction of sp³-hybridized carbons (Fsp3) is 1.00. The summed E-state index contributed by atoms with van der Waals surface area (Å²) < 4.78 is 5.42. The van der Waals surface area contributed by atoms with Crippen molar-refractivity contribution >= 4 is 0 Å². The monoisotopic (exact) mass is 172 g/mol. The zero-order valence-electron chi connectivity index (χ0n) is 7.96. The second-order valence-corrected chi connectivity index (χ2v) is 3.63. The van der Waals surface area contributed by atoms with Crippen molar-refractivity contribution in [2.75, 3.05) is 39.9 Å². The van der Waals surface area contributed by atoms with Crippen molar-refractivity contribution < 1.29 is 4.74 Å². The molecule has 0 aromatic carbocycles. The highest BCUT2D eigenvalue weighted by Gasteiger charge is 2.16. The van der Waals surface area contributed by atoms with Gasteiger partial charge in [-0.15, -0.1) is 0 Å². The first kappa shape index (κ1) is 9.96. The lowest BCUT2D eigenvalue weighted by atomic mass is 10.00. The van der Waals surface area contributed by atoms with E-state index >= 15 is 0 Å². The summed E-state index contributed by atoms with van der Waals surface area (Å²) in [6.45, 7) is 4.67. The number of piperidine rings is 1. The van der Waals surface area contributed by atoms with Crippen LogP contribution >= 0.6 is 0 Å². The summed E-state index contributed by atoms with van der Waals surface area (Å²) >= 11 is 0. The summed E-state index contributed by atoms with van der Waals surface area (Å²) in [7, 11) is 2.18. The number of hydrogen-bond donors (Lipinski definition) is 1. The molecule has 1 heterocycles. The third kappa shape index (κ3) is 3.52. The Labute approximate surface area is 74.9 Å². The van der Waals surface area contributed by atoms with Crippen molar-refractivity contribution in [1.29, 1.82) is 0 Å². The minimum Gasteiger partial charge on any atom is -0.380 e. The van der Waals surface area contributed by atoms with Crippen LogP contribution in [0.4, 0.5) is 0 Å². The first-order chi connectivity index (χ1) is 5.83. The van der Waals surface area contributed by atoms with Gasteiger partial charge in [-0.1, -0.05) is 0 Å². The van der Waals surface area contributed by atoms with E-state index in [2.05, 4.69) is 11.9 Å². The van der Waals surface area contributed by atoms with Gasteiger partial charge in [0.05, 0.1) is 13.2 Å². The van der Waals surface area contributed by atoms with Crippen LogP contribution in [0.1, 0.15) is 12.8 Å². The lowest BCUT2D eigenvalue weighted by molar-refractivity contribution is 0.0718. The molecule has 1 saturated heterocycles. The maximum absolute atomic E-state index is 5.42. The van der Waals surface area contributed by atoms with E-state index in [9.17, 15) is 0 Å². The van der Waals surface area contributed by atoms with E-state index in [1.165, 1.54) is 25.9 Å². The van der Waals surface area contributed by atoms with Crippen molar-refractivity contribution in [1.82, 2.24) is 4.90 Å². The van der Waals surface area contributed by atoms with Crippen LogP contribution in [0, 0.1) is 5.92 Å². The second kappa shape index (κ2) is 5.51. The number of nitrogens with two attached hydrogens (primary N) is 1. The Bertz CT molecular complexity index is 119. The average molecular weight is 172 g/mol. The zero-order valence-corrected chi connectivity index (χ0v) is 7.96. The van der Waals surface area contributed by atoms with Gasteiger partial charge < -0.3 is 15.4 Å². The smallest absolute Gasteiger partial charge is 0.0588 e. The maximum atomic E-state index is 5.42. The molecule has 0 saturated carbocycles. The van der Waals surface area contributed by atoms with E-state index in [1.807, 2.05) is 0 Å². The molecule has 0 spiro atoms. The molecule has 12 heavy (non-hydrogen) atoms. The van der Waals surface area contributed by atoms with Crippen LogP contribution < -0.4 is 5.73 Å². The Hall–Kier alpha value is -0.120. The molecular weight excluding hydrogens is 152 g/mol. The van der Waals surface area contributed by atoms with Crippen molar-refractivity contribution in [2.45, 2.75) is 12.8 Å². The summed E-state index contributed by atoms with van der Waals surface area (Å²) in [5, 5.41) is 0. The molecule has 72 valence electrons. The first-order valence-electron chi connectivity index (χ1n) is 4.79. The van der Waals surface area contributed by atoms with Gasteiger partial charge in [0, 0.05) is 13.1 Å². The van der Waals surface area contributed by atoms with Crippen LogP contribution in [-0.4, -0.2) is 44.8 Å². The number of ether oxygens (including phenoxy) is 1. The molecule has 0 aromatic heterocycles. The van der Waals surface area contributed by atoms with Gasteiger partial charge in [0.1, 0.15) is 0 Å². The highest BCUT2D eigenvalue weighted by molar-refractivity contribution is 4.69. The molecule has 1 rings (SSSR count). The predicted octanol–water partition coefficient (Wildman–Crippen LogP) is 0.304. The molecule has 0 aliphatic carbocycles. The van der Waals surface area contributed by atoms with E-state index in [4.69, 9.17) is 10.5 Å². The van der Waals surface area contributed by atoms with E-state index in [0.29, 0.717) is 13.2 Å². The molecular formula is C9H20N2O. The maximum Gasteiger partial charge on any atom is 0.0588 e. The van der Waals surface area contributed by atoms with Crippen LogP contribution in [0.2, 0.25) is 0 Å². The van der Waals surface area contributed by atoms with E-state index in [0.717, 1.165) is 12.5 Å². The van der Waals surface area contributed by atoms with E-state index in [1.54, 1.807) is 0 Å². The summed E-state index contributed by atoms with van der Waals surface area (Å²) in [4.78, 5) is 2.37. The van der Waals surface area contributed by atoms with E-state index in [-0.39, 0.29) is 0 Å². The van der Waals surface area contributed by atoms with Gasteiger partial charge in [0.2, 0.25) is 0 Å². The molecule has 0 bridgehead atoms. The van der Waals surface area contributed by atoms with E-state index < -0.39 is 0 Å². The summed E-state index contributed by atoms with van der Waals surface area (Å²) in [5.74, 6) is 0.732. The topological polar surface area (TPSA) is 38.5 Å². The molecule has 1 atom stereocenters. The van der Waals surface area contributed by atoms with Gasteiger partial charge >= 0.3 is 0 Å². The Kier molecular flexibility index (Phi) is 4.58. The fourth-order valence-corrected chi connectivity index (χ4v) is 1.74. The third-order valence-electron chi connectivity index (χ3n) is 2.34. The van der Waals surface area contributed by atoms with Gasteiger partial charge in [-0.3, -0.25) is 0 Å². The van der Waals surface area contributed by atoms with Crippen molar-refractivity contribution in [2.24, 2.45) is 11.7 Å². The van der Waals surface area contributed by atoms with Gasteiger partial charge in [-0.2, -0.15) is 0 Å². The fourth-order valence-electron chi connectivity index (χ4n) is 1.74. The first-order valence-corrected chi connectivity index (χ1v) is 4.79. The molecule has 1 aliphatic rings. The number of hydrogen-bond acceptors (Lipinski definition) is 3. The molecule has 3 heteroatoms. The second-order valence-electron chi connectivity index (χ2n) is 3.63. The lowest BCUT2D eigenvalue weighted by Crippen LogP contribution is -2.34. The van der Waals surface area contributed by atoms with Gasteiger partial charge in [-0.25, -0.2) is 0 Å². The summed E-state index contributed by atoms with van der Waals surface area (Å²) in [5.41, 5.74) is 5.34. The van der Waals surface area contributed by atoms with Crippen molar-refractivity contribution in [3.8, 4) is 0 Å². The quantitative estimate of drug-likeness (QED) is 0.620. The standard InChI is InChI=1S/C9H20N2O/c1-11-5-2-3-9(7-11)8-12-6-4-10/h9H,2-8,10H2,1H3. The average Bonchev–Trinajstić information content (AvgIpc) is 2.05. The molecule has 0 radical (unpaired) electrons. The van der Waals surface area contributed by atoms with Gasteiger partial charge in [0.25, 0.3) is 0 Å². The molecule has 0 aromatic rings. The molecule has 2 N–H and O–H groups in total. The molecule has 3 nitrogen and oxygen atoms in total. The highest BCUT2D eigenvalue weighted by atomic mass is 16.5. The lowest BCUT2D eigenvalue weighted by Gasteiger charge is -2.29. The van der Waals surface area contributed by atoms with Crippen LogP contribution in [0.25, 0.3) is 0 Å². The third-order valence-corrected chi connectivity index (χ3v) is 2.34. The molecule has 1 unspecified atom stereocenters. The van der Waals surface area contributed by atoms with Crippen LogP contribution in [-0.2, 0) is 4.74 Å². The number of likely N-dealkylation sites (tertiary alicyclic amines) is 1. The largest absolute Gasteiger partial charge is 0.380 e. The zero-order chi connectivity index (χ0) is 8.81. The Morgan fingerprint density at radius 3 is 3.08 bits per heavy atom.